The molecule has 8 nitrogen and oxygen atoms in total. The molecule has 0 atom stereocenters. The van der Waals surface area contributed by atoms with E-state index in [0.29, 0.717) is 40.7 Å². The summed E-state index contributed by atoms with van der Waals surface area (Å²) in [6.07, 6.45) is 3.11. The van der Waals surface area contributed by atoms with E-state index in [0.717, 1.165) is 0 Å². The number of carbonyl (C=O) groups is 2. The minimum Gasteiger partial charge on any atom is -0.494 e. The Morgan fingerprint density at radius 2 is 1.76 bits per heavy atom. The SMILES string of the molecule is CCOc1ccc(/C=C(\NC(=O)c2ccc(OC)c(OC)c2)C(=O)NCc2ccco2)cc1. The molecule has 0 bridgehead atoms. The molecule has 1 heterocycles. The second kappa shape index (κ2) is 11.4. The van der Waals surface area contributed by atoms with Gasteiger partial charge in [0.1, 0.15) is 17.2 Å². The molecule has 172 valence electrons. The highest BCUT2D eigenvalue weighted by Crippen LogP contribution is 2.27. The quantitative estimate of drug-likeness (QED) is 0.456. The Morgan fingerprint density at radius 3 is 2.39 bits per heavy atom. The number of benzene rings is 2. The van der Waals surface area contributed by atoms with Gasteiger partial charge < -0.3 is 29.3 Å². The zero-order chi connectivity index (χ0) is 23.6. The lowest BCUT2D eigenvalue weighted by atomic mass is 10.1. The molecule has 8 heteroatoms. The van der Waals surface area contributed by atoms with E-state index in [1.54, 1.807) is 60.7 Å². The molecule has 0 fully saturated rings. The predicted octanol–water partition coefficient (Wildman–Crippen LogP) is 3.78. The van der Waals surface area contributed by atoms with Crippen molar-refractivity contribution < 1.29 is 28.2 Å². The number of hydrogen-bond donors (Lipinski definition) is 2. The molecule has 3 aromatic rings. The maximum Gasteiger partial charge on any atom is 0.268 e. The molecular formula is C25H26N2O6. The van der Waals surface area contributed by atoms with Gasteiger partial charge in [0.2, 0.25) is 0 Å². The average Bonchev–Trinajstić information content (AvgIpc) is 3.36. The highest BCUT2D eigenvalue weighted by atomic mass is 16.5. The van der Waals surface area contributed by atoms with Gasteiger partial charge in [0.15, 0.2) is 11.5 Å². The van der Waals surface area contributed by atoms with E-state index in [4.69, 9.17) is 18.6 Å². The number of furan rings is 1. The number of rotatable bonds is 10. The van der Waals surface area contributed by atoms with E-state index in [9.17, 15) is 9.59 Å². The van der Waals surface area contributed by atoms with E-state index < -0.39 is 11.8 Å². The Morgan fingerprint density at radius 1 is 1.00 bits per heavy atom. The number of carbonyl (C=O) groups excluding carboxylic acids is 2. The summed E-state index contributed by atoms with van der Waals surface area (Å²) in [6.45, 7) is 2.63. The minimum atomic E-state index is -0.471. The molecule has 2 aromatic carbocycles. The van der Waals surface area contributed by atoms with Crippen LogP contribution in [-0.2, 0) is 11.3 Å². The highest BCUT2D eigenvalue weighted by molar-refractivity contribution is 6.05. The molecule has 0 aliphatic rings. The molecule has 33 heavy (non-hydrogen) atoms. The summed E-state index contributed by atoms with van der Waals surface area (Å²) < 4.78 is 21.2. The lowest BCUT2D eigenvalue weighted by Gasteiger charge is -2.13. The second-order valence-electron chi connectivity index (χ2n) is 6.85. The fourth-order valence-corrected chi connectivity index (χ4v) is 3.00. The molecule has 2 amide bonds. The molecule has 1 aromatic heterocycles. The topological polar surface area (TPSA) is 99.0 Å². The van der Waals surface area contributed by atoms with Crippen LogP contribution in [0, 0.1) is 0 Å². The maximum absolute atomic E-state index is 12.9. The van der Waals surface area contributed by atoms with Crippen LogP contribution in [0.4, 0.5) is 0 Å². The van der Waals surface area contributed by atoms with Crippen molar-refractivity contribution in [1.82, 2.24) is 10.6 Å². The lowest BCUT2D eigenvalue weighted by molar-refractivity contribution is -0.118. The van der Waals surface area contributed by atoms with Crippen LogP contribution < -0.4 is 24.8 Å². The van der Waals surface area contributed by atoms with Gasteiger partial charge in [-0.05, 0) is 61.0 Å². The van der Waals surface area contributed by atoms with Gasteiger partial charge in [-0.1, -0.05) is 12.1 Å². The van der Waals surface area contributed by atoms with E-state index in [1.807, 2.05) is 6.92 Å². The normalized spacial score (nSPS) is 10.9. The van der Waals surface area contributed by atoms with Crippen molar-refractivity contribution in [3.63, 3.8) is 0 Å². The number of amides is 2. The first-order chi connectivity index (χ1) is 16.0. The van der Waals surface area contributed by atoms with Gasteiger partial charge in [-0.2, -0.15) is 0 Å². The minimum absolute atomic E-state index is 0.0745. The lowest BCUT2D eigenvalue weighted by Crippen LogP contribution is -2.34. The molecular weight excluding hydrogens is 424 g/mol. The Bertz CT molecular complexity index is 1100. The number of hydrogen-bond acceptors (Lipinski definition) is 6. The van der Waals surface area contributed by atoms with E-state index in [-0.39, 0.29) is 12.2 Å². The smallest absolute Gasteiger partial charge is 0.268 e. The van der Waals surface area contributed by atoms with Crippen molar-refractivity contribution in [1.29, 1.82) is 0 Å². The van der Waals surface area contributed by atoms with E-state index in [1.165, 1.54) is 20.5 Å². The van der Waals surface area contributed by atoms with Crippen LogP contribution in [-0.4, -0.2) is 32.6 Å². The van der Waals surface area contributed by atoms with E-state index >= 15 is 0 Å². The van der Waals surface area contributed by atoms with Gasteiger partial charge in [-0.15, -0.1) is 0 Å². The van der Waals surface area contributed by atoms with Crippen LogP contribution in [0.3, 0.4) is 0 Å². The standard InChI is InChI=1S/C25H26N2O6/c1-4-32-19-10-7-17(8-11-19)14-21(25(29)26-16-20-6-5-13-33-20)27-24(28)18-9-12-22(30-2)23(15-18)31-3/h5-15H,4,16H2,1-3H3,(H,26,29)(H,27,28)/b21-14-. The van der Waals surface area contributed by atoms with Crippen molar-refractivity contribution >= 4 is 17.9 Å². The van der Waals surface area contributed by atoms with Crippen LogP contribution in [0.1, 0.15) is 28.6 Å². The molecule has 3 rings (SSSR count). The van der Waals surface area contributed by atoms with Crippen LogP contribution >= 0.6 is 0 Å². The summed E-state index contributed by atoms with van der Waals surface area (Å²) >= 11 is 0. The van der Waals surface area contributed by atoms with E-state index in [2.05, 4.69) is 10.6 Å². The number of methoxy groups -OCH3 is 2. The number of ether oxygens (including phenoxy) is 3. The Labute approximate surface area is 192 Å². The van der Waals surface area contributed by atoms with Crippen molar-refractivity contribution in [2.75, 3.05) is 20.8 Å². The Balaban J connectivity index is 1.83. The molecule has 2 N–H and O–H groups in total. The van der Waals surface area contributed by atoms with Crippen molar-refractivity contribution in [2.24, 2.45) is 0 Å². The molecule has 0 spiro atoms. The van der Waals surface area contributed by atoms with Crippen LogP contribution in [0.2, 0.25) is 0 Å². The fourth-order valence-electron chi connectivity index (χ4n) is 3.00. The van der Waals surface area contributed by atoms with Crippen molar-refractivity contribution in [3.8, 4) is 17.2 Å². The molecule has 0 unspecified atom stereocenters. The fraction of sp³-hybridized carbons (Fsp3) is 0.200. The predicted molar refractivity (Wildman–Crippen MR) is 123 cm³/mol. The van der Waals surface area contributed by atoms with Gasteiger partial charge in [0.25, 0.3) is 11.8 Å². The number of nitrogens with one attached hydrogen (secondary N) is 2. The van der Waals surface area contributed by atoms with Gasteiger partial charge in [-0.25, -0.2) is 0 Å². The third-order valence-corrected chi connectivity index (χ3v) is 4.64. The zero-order valence-corrected chi connectivity index (χ0v) is 18.7. The van der Waals surface area contributed by atoms with Gasteiger partial charge in [0.05, 0.1) is 33.6 Å². The maximum atomic E-state index is 12.9. The first kappa shape index (κ1) is 23.5. The first-order valence-electron chi connectivity index (χ1n) is 10.3. The van der Waals surface area contributed by atoms with Crippen LogP contribution in [0.5, 0.6) is 17.2 Å². The summed E-state index contributed by atoms with van der Waals surface area (Å²) in [5.41, 5.74) is 1.10. The van der Waals surface area contributed by atoms with Crippen LogP contribution in [0.25, 0.3) is 6.08 Å². The Hall–Kier alpha value is -4.20. The van der Waals surface area contributed by atoms with Gasteiger partial charge >= 0.3 is 0 Å². The third kappa shape index (κ3) is 6.39. The third-order valence-electron chi connectivity index (χ3n) is 4.64. The Kier molecular flexibility index (Phi) is 8.13. The van der Waals surface area contributed by atoms with Crippen LogP contribution in [0.15, 0.2) is 71.0 Å². The van der Waals surface area contributed by atoms with Gasteiger partial charge in [0, 0.05) is 5.56 Å². The molecule has 0 saturated carbocycles. The average molecular weight is 450 g/mol. The highest BCUT2D eigenvalue weighted by Gasteiger charge is 2.17. The second-order valence-corrected chi connectivity index (χ2v) is 6.85. The summed E-state index contributed by atoms with van der Waals surface area (Å²) in [7, 11) is 3.00. The van der Waals surface area contributed by atoms with Crippen molar-refractivity contribution in [3.05, 3.63) is 83.4 Å². The summed E-state index contributed by atoms with van der Waals surface area (Å²) in [6, 6.07) is 15.4. The van der Waals surface area contributed by atoms with Gasteiger partial charge in [-0.3, -0.25) is 9.59 Å². The molecule has 0 radical (unpaired) electrons. The summed E-state index contributed by atoms with van der Waals surface area (Å²) in [4.78, 5) is 25.8. The summed E-state index contributed by atoms with van der Waals surface area (Å²) in [5.74, 6) is 1.28. The monoisotopic (exact) mass is 450 g/mol. The molecule has 0 aliphatic heterocycles. The molecule has 0 saturated heterocycles. The largest absolute Gasteiger partial charge is 0.494 e. The first-order valence-corrected chi connectivity index (χ1v) is 10.3. The van der Waals surface area contributed by atoms with Crippen molar-refractivity contribution in [2.45, 2.75) is 13.5 Å². The molecule has 0 aliphatic carbocycles. The summed E-state index contributed by atoms with van der Waals surface area (Å²) in [5, 5.41) is 5.44. The zero-order valence-electron chi connectivity index (χ0n) is 18.7.